The fourth-order valence-corrected chi connectivity index (χ4v) is 6.12. The number of amides is 1. The van der Waals surface area contributed by atoms with Crippen molar-refractivity contribution in [1.82, 2.24) is 4.90 Å². The molecule has 4 rings (SSSR count). The molecular weight excluding hydrogens is 432 g/mol. The summed E-state index contributed by atoms with van der Waals surface area (Å²) in [4.78, 5) is 13.9. The Balaban J connectivity index is 1.68. The molecule has 3 aliphatic rings. The first kappa shape index (κ1) is 23.7. The van der Waals surface area contributed by atoms with Crippen molar-refractivity contribution in [3.63, 3.8) is 0 Å². The van der Waals surface area contributed by atoms with Gasteiger partial charge in [0.1, 0.15) is 11.6 Å². The summed E-state index contributed by atoms with van der Waals surface area (Å²) in [5.41, 5.74) is -1.10. The quantitative estimate of drug-likeness (QED) is 0.503. The summed E-state index contributed by atoms with van der Waals surface area (Å²) >= 11 is 0. The molecule has 2 saturated carbocycles. The van der Waals surface area contributed by atoms with Crippen LogP contribution in [0.25, 0.3) is 0 Å². The number of hydrogen-bond acceptors (Lipinski definition) is 6. The van der Waals surface area contributed by atoms with Crippen LogP contribution >= 0.6 is 0 Å². The average Bonchev–Trinajstić information content (AvgIpc) is 3.14. The summed E-state index contributed by atoms with van der Waals surface area (Å²) in [6.07, 6.45) is 0.760. The van der Waals surface area contributed by atoms with E-state index in [4.69, 9.17) is 20.7 Å². The first-order chi connectivity index (χ1) is 15.6. The molecule has 7 nitrogen and oxygen atoms in total. The maximum atomic E-state index is 14.2. The minimum Gasteiger partial charge on any atom is -0.393 e. The lowest BCUT2D eigenvalue weighted by molar-refractivity contribution is -0.156. The molecule has 33 heavy (non-hydrogen) atoms. The Morgan fingerprint density at radius 2 is 2.03 bits per heavy atom. The Hall–Kier alpha value is -2.49. The fourth-order valence-electron chi connectivity index (χ4n) is 6.12. The van der Waals surface area contributed by atoms with E-state index in [0.29, 0.717) is 12.0 Å². The van der Waals surface area contributed by atoms with Crippen LogP contribution < -0.4 is 0 Å². The Labute approximate surface area is 191 Å². The smallest absolute Gasteiger partial charge is 0.253 e. The van der Waals surface area contributed by atoms with E-state index in [1.165, 1.54) is 17.0 Å². The molecule has 1 aliphatic heterocycles. The molecule has 4 atom stereocenters. The second-order valence-electron chi connectivity index (χ2n) is 9.61. The van der Waals surface area contributed by atoms with E-state index in [1.54, 1.807) is 0 Å². The van der Waals surface area contributed by atoms with Crippen LogP contribution in [0, 0.1) is 39.2 Å². The van der Waals surface area contributed by atoms with Gasteiger partial charge in [0.25, 0.3) is 5.91 Å². The number of ether oxygens (including phenoxy) is 1. The molecule has 0 spiro atoms. The number of hydrogen-bond donors (Lipinski definition) is 4. The van der Waals surface area contributed by atoms with Crippen molar-refractivity contribution in [3.05, 3.63) is 47.0 Å². The Morgan fingerprint density at radius 3 is 2.67 bits per heavy atom. The van der Waals surface area contributed by atoms with Crippen LogP contribution in [0.4, 0.5) is 8.78 Å². The SMILES string of the molecule is CC1(C)[C@H]2CC[C@]1([C@H]1CN(C(=O)C(O)CO)CCO1)C(=N)/C2=C\C(=N)c1c(F)cccc1F. The number of rotatable bonds is 5. The third-order valence-corrected chi connectivity index (χ3v) is 7.88. The van der Waals surface area contributed by atoms with Gasteiger partial charge in [-0.2, -0.15) is 0 Å². The average molecular weight is 462 g/mol. The van der Waals surface area contributed by atoms with E-state index in [0.717, 1.165) is 18.6 Å². The van der Waals surface area contributed by atoms with Gasteiger partial charge in [0.2, 0.25) is 0 Å². The van der Waals surface area contributed by atoms with Crippen molar-refractivity contribution >= 4 is 17.3 Å². The standard InChI is InChI=1S/C24H29F2N3O4/c1-23(2)14-6-7-24(23,19-11-29(8-9-33-19)22(32)18(31)12-30)21(28)13(14)10-17(27)20-15(25)4-3-5-16(20)26/h3-5,10,14,18-19,27-28,30-31H,6-9,11-12H2,1-2H3/b13-10-,27-17?,28-21?/t14-,18?,19+,24-/m0/s1. The summed E-state index contributed by atoms with van der Waals surface area (Å²) in [7, 11) is 0. The topological polar surface area (TPSA) is 118 Å². The molecule has 1 unspecified atom stereocenters. The molecule has 0 radical (unpaired) electrons. The first-order valence-corrected chi connectivity index (χ1v) is 11.1. The van der Waals surface area contributed by atoms with Crippen molar-refractivity contribution in [2.24, 2.45) is 16.7 Å². The van der Waals surface area contributed by atoms with Gasteiger partial charge in [-0.3, -0.25) is 4.79 Å². The molecule has 1 amide bonds. The third kappa shape index (κ3) is 3.45. The van der Waals surface area contributed by atoms with Gasteiger partial charge >= 0.3 is 0 Å². The number of morpholine rings is 1. The summed E-state index contributed by atoms with van der Waals surface area (Å²) < 4.78 is 34.5. The lowest BCUT2D eigenvalue weighted by Gasteiger charge is -2.47. The van der Waals surface area contributed by atoms with Crippen molar-refractivity contribution in [2.45, 2.75) is 38.9 Å². The number of halogens is 2. The summed E-state index contributed by atoms with van der Waals surface area (Å²) in [6, 6.07) is 3.45. The molecule has 2 bridgehead atoms. The van der Waals surface area contributed by atoms with Crippen molar-refractivity contribution < 1.29 is 28.5 Å². The molecule has 1 aromatic rings. The van der Waals surface area contributed by atoms with Crippen LogP contribution in [0.15, 0.2) is 29.8 Å². The van der Waals surface area contributed by atoms with Gasteiger partial charge in [-0.15, -0.1) is 0 Å². The number of aliphatic hydroxyl groups excluding tert-OH is 2. The molecule has 1 heterocycles. The van der Waals surface area contributed by atoms with Gasteiger partial charge in [0.05, 0.1) is 30.6 Å². The predicted molar refractivity (Wildman–Crippen MR) is 117 cm³/mol. The molecule has 1 aromatic carbocycles. The highest BCUT2D eigenvalue weighted by atomic mass is 19.1. The second-order valence-corrected chi connectivity index (χ2v) is 9.61. The molecule has 4 N–H and O–H groups in total. The lowest BCUT2D eigenvalue weighted by atomic mass is 9.64. The van der Waals surface area contributed by atoms with Crippen LogP contribution in [-0.4, -0.2) is 71.0 Å². The highest BCUT2D eigenvalue weighted by molar-refractivity contribution is 6.15. The highest BCUT2D eigenvalue weighted by Gasteiger charge is 2.68. The zero-order valence-corrected chi connectivity index (χ0v) is 18.7. The Morgan fingerprint density at radius 1 is 1.36 bits per heavy atom. The number of fused-ring (bicyclic) bond motifs is 2. The molecule has 0 aromatic heterocycles. The van der Waals surface area contributed by atoms with Crippen molar-refractivity contribution in [3.8, 4) is 0 Å². The van der Waals surface area contributed by atoms with Gasteiger partial charge in [-0.1, -0.05) is 19.9 Å². The van der Waals surface area contributed by atoms with Crippen LogP contribution in [0.1, 0.15) is 32.3 Å². The number of allylic oxidation sites excluding steroid dienone is 2. The number of nitrogens with zero attached hydrogens (tertiary/aromatic N) is 1. The first-order valence-electron chi connectivity index (χ1n) is 11.1. The van der Waals surface area contributed by atoms with Gasteiger partial charge < -0.3 is 30.7 Å². The minimum absolute atomic E-state index is 0.0992. The number of carbonyl (C=O) groups excluding carboxylic acids is 1. The largest absolute Gasteiger partial charge is 0.393 e. The maximum absolute atomic E-state index is 14.2. The third-order valence-electron chi connectivity index (χ3n) is 7.88. The normalized spacial score (nSPS) is 30.7. The molecule has 9 heteroatoms. The Kier molecular flexibility index (Phi) is 6.01. The van der Waals surface area contributed by atoms with Crippen molar-refractivity contribution in [2.75, 3.05) is 26.3 Å². The van der Waals surface area contributed by atoms with E-state index in [2.05, 4.69) is 0 Å². The van der Waals surface area contributed by atoms with E-state index in [9.17, 15) is 18.7 Å². The van der Waals surface area contributed by atoms with Gasteiger partial charge in [-0.05, 0) is 48.0 Å². The zero-order chi connectivity index (χ0) is 24.1. The molecule has 3 fully saturated rings. The summed E-state index contributed by atoms with van der Waals surface area (Å²) in [5, 5.41) is 36.4. The zero-order valence-electron chi connectivity index (χ0n) is 18.7. The number of carbonyl (C=O) groups is 1. The minimum atomic E-state index is -1.50. The number of aliphatic hydroxyl groups is 2. The molecule has 2 aliphatic carbocycles. The van der Waals surface area contributed by atoms with Crippen LogP contribution in [0.3, 0.4) is 0 Å². The van der Waals surface area contributed by atoms with Crippen molar-refractivity contribution in [1.29, 1.82) is 10.8 Å². The molecule has 1 saturated heterocycles. The molecular formula is C24H29F2N3O4. The monoisotopic (exact) mass is 461 g/mol. The van der Waals surface area contributed by atoms with Gasteiger partial charge in [0, 0.05) is 24.2 Å². The predicted octanol–water partition coefficient (Wildman–Crippen LogP) is 2.30. The van der Waals surface area contributed by atoms with E-state index in [-0.39, 0.29) is 37.0 Å². The van der Waals surface area contributed by atoms with Crippen LogP contribution in [0.5, 0.6) is 0 Å². The maximum Gasteiger partial charge on any atom is 0.253 e. The fraction of sp³-hybridized carbons (Fsp3) is 0.542. The van der Waals surface area contributed by atoms with E-state index >= 15 is 0 Å². The van der Waals surface area contributed by atoms with Gasteiger partial charge in [-0.25, -0.2) is 8.78 Å². The molecule has 178 valence electrons. The summed E-state index contributed by atoms with van der Waals surface area (Å²) in [6.45, 7) is 4.07. The summed E-state index contributed by atoms with van der Waals surface area (Å²) in [5.74, 6) is -2.33. The number of benzene rings is 1. The van der Waals surface area contributed by atoms with Crippen LogP contribution in [0.2, 0.25) is 0 Å². The lowest BCUT2D eigenvalue weighted by Crippen LogP contribution is -2.58. The Bertz CT molecular complexity index is 1020. The van der Waals surface area contributed by atoms with E-state index < -0.39 is 52.7 Å². The van der Waals surface area contributed by atoms with Gasteiger partial charge in [0.15, 0.2) is 6.10 Å². The van der Waals surface area contributed by atoms with E-state index in [1.807, 2.05) is 13.8 Å². The van der Waals surface area contributed by atoms with Crippen LogP contribution in [-0.2, 0) is 9.53 Å². The number of nitrogens with one attached hydrogen (secondary N) is 2. The second kappa shape index (κ2) is 8.38. The highest BCUT2D eigenvalue weighted by Crippen LogP contribution is 2.68.